The SMILES string of the molecule is CCn1c(C#Cc2ccc3c(c2)OCCO3)c(C#N)c2ccc(OC)cc21. The van der Waals surface area contributed by atoms with Crippen molar-refractivity contribution < 1.29 is 14.2 Å². The van der Waals surface area contributed by atoms with Crippen molar-refractivity contribution in [3.8, 4) is 35.2 Å². The largest absolute Gasteiger partial charge is 0.497 e. The van der Waals surface area contributed by atoms with Crippen LogP contribution in [-0.4, -0.2) is 24.9 Å². The molecule has 2 aromatic carbocycles. The Morgan fingerprint density at radius 1 is 1.07 bits per heavy atom. The number of aromatic nitrogens is 1. The number of ether oxygens (including phenoxy) is 3. The first-order valence-electron chi connectivity index (χ1n) is 8.77. The van der Waals surface area contributed by atoms with E-state index in [4.69, 9.17) is 14.2 Å². The van der Waals surface area contributed by atoms with Gasteiger partial charge in [0.1, 0.15) is 30.7 Å². The molecule has 0 fully saturated rings. The zero-order chi connectivity index (χ0) is 18.8. The van der Waals surface area contributed by atoms with Gasteiger partial charge in [0.05, 0.1) is 18.2 Å². The van der Waals surface area contributed by atoms with Crippen LogP contribution >= 0.6 is 0 Å². The average molecular weight is 358 g/mol. The van der Waals surface area contributed by atoms with Crippen molar-refractivity contribution in [3.05, 3.63) is 53.2 Å². The predicted octanol–water partition coefficient (Wildman–Crippen LogP) is 3.71. The summed E-state index contributed by atoms with van der Waals surface area (Å²) in [6, 6.07) is 13.7. The van der Waals surface area contributed by atoms with Crippen molar-refractivity contribution in [1.29, 1.82) is 5.26 Å². The van der Waals surface area contributed by atoms with Gasteiger partial charge in [-0.3, -0.25) is 0 Å². The number of benzene rings is 2. The molecule has 0 spiro atoms. The third kappa shape index (κ3) is 2.94. The standard InChI is InChI=1S/C22H18N2O3/c1-3-24-19(18(14-23)17-7-6-16(25-2)13-20(17)24)8-4-15-5-9-21-22(12-15)27-11-10-26-21/h5-7,9,12-13H,3,10-11H2,1-2H3. The van der Waals surface area contributed by atoms with Crippen molar-refractivity contribution in [1.82, 2.24) is 4.57 Å². The summed E-state index contributed by atoms with van der Waals surface area (Å²) in [6.07, 6.45) is 0. The zero-order valence-corrected chi connectivity index (χ0v) is 15.2. The van der Waals surface area contributed by atoms with E-state index in [1.807, 2.05) is 47.9 Å². The molecule has 27 heavy (non-hydrogen) atoms. The summed E-state index contributed by atoms with van der Waals surface area (Å²) in [6.45, 7) is 3.84. The first-order valence-corrected chi connectivity index (χ1v) is 8.77. The number of fused-ring (bicyclic) bond motifs is 2. The maximum atomic E-state index is 9.71. The Hall–Kier alpha value is -3.57. The lowest BCUT2D eigenvalue weighted by molar-refractivity contribution is 0.171. The number of methoxy groups -OCH3 is 1. The molecule has 5 heteroatoms. The van der Waals surface area contributed by atoms with Crippen molar-refractivity contribution >= 4 is 10.9 Å². The summed E-state index contributed by atoms with van der Waals surface area (Å²) in [5, 5.41) is 10.6. The Bertz CT molecular complexity index is 1130. The Morgan fingerprint density at radius 3 is 2.63 bits per heavy atom. The van der Waals surface area contributed by atoms with Crippen LogP contribution in [0.3, 0.4) is 0 Å². The molecule has 0 amide bonds. The van der Waals surface area contributed by atoms with Crippen molar-refractivity contribution in [3.63, 3.8) is 0 Å². The molecule has 2 heterocycles. The van der Waals surface area contributed by atoms with Crippen LogP contribution in [-0.2, 0) is 6.54 Å². The second-order valence-electron chi connectivity index (χ2n) is 6.07. The lowest BCUT2D eigenvalue weighted by Crippen LogP contribution is -2.15. The molecule has 0 atom stereocenters. The van der Waals surface area contributed by atoms with E-state index in [0.29, 0.717) is 36.8 Å². The fraction of sp³-hybridized carbons (Fsp3) is 0.227. The molecule has 0 saturated heterocycles. The predicted molar refractivity (Wildman–Crippen MR) is 102 cm³/mol. The van der Waals surface area contributed by atoms with E-state index in [2.05, 4.69) is 17.9 Å². The van der Waals surface area contributed by atoms with Crippen LogP contribution in [0.5, 0.6) is 17.2 Å². The second kappa shape index (κ2) is 6.97. The fourth-order valence-electron chi connectivity index (χ4n) is 3.28. The summed E-state index contributed by atoms with van der Waals surface area (Å²) < 4.78 is 18.5. The van der Waals surface area contributed by atoms with Crippen LogP contribution in [0.2, 0.25) is 0 Å². The molecule has 5 nitrogen and oxygen atoms in total. The van der Waals surface area contributed by atoms with Gasteiger partial charge in [-0.1, -0.05) is 5.92 Å². The minimum atomic E-state index is 0.536. The topological polar surface area (TPSA) is 56.4 Å². The van der Waals surface area contributed by atoms with Gasteiger partial charge < -0.3 is 18.8 Å². The van der Waals surface area contributed by atoms with E-state index in [1.54, 1.807) is 7.11 Å². The summed E-state index contributed by atoms with van der Waals surface area (Å²) in [4.78, 5) is 0. The molecular weight excluding hydrogens is 340 g/mol. The zero-order valence-electron chi connectivity index (χ0n) is 15.2. The van der Waals surface area contributed by atoms with Gasteiger partial charge in [0, 0.05) is 23.6 Å². The smallest absolute Gasteiger partial charge is 0.162 e. The fourth-order valence-corrected chi connectivity index (χ4v) is 3.28. The molecule has 1 aliphatic rings. The quantitative estimate of drug-likeness (QED) is 0.655. The average Bonchev–Trinajstić information content (AvgIpc) is 3.03. The van der Waals surface area contributed by atoms with Crippen LogP contribution in [0.1, 0.15) is 23.7 Å². The van der Waals surface area contributed by atoms with Gasteiger partial charge >= 0.3 is 0 Å². The van der Waals surface area contributed by atoms with Gasteiger partial charge in [-0.05, 0) is 43.2 Å². The summed E-state index contributed by atoms with van der Waals surface area (Å²) in [5.41, 5.74) is 3.05. The van der Waals surface area contributed by atoms with Crippen molar-refractivity contribution in [2.75, 3.05) is 20.3 Å². The van der Waals surface area contributed by atoms with Crippen molar-refractivity contribution in [2.45, 2.75) is 13.5 Å². The van der Waals surface area contributed by atoms with Gasteiger partial charge in [-0.15, -0.1) is 0 Å². The number of rotatable bonds is 2. The lowest BCUT2D eigenvalue weighted by atomic mass is 10.1. The minimum Gasteiger partial charge on any atom is -0.497 e. The van der Waals surface area contributed by atoms with Crippen LogP contribution < -0.4 is 14.2 Å². The monoisotopic (exact) mass is 358 g/mol. The van der Waals surface area contributed by atoms with Crippen LogP contribution in [0, 0.1) is 23.2 Å². The molecule has 0 bridgehead atoms. The third-order valence-corrected chi connectivity index (χ3v) is 4.57. The number of aryl methyl sites for hydroxylation is 1. The molecule has 134 valence electrons. The first kappa shape index (κ1) is 16.9. The molecule has 0 aliphatic carbocycles. The van der Waals surface area contributed by atoms with E-state index >= 15 is 0 Å². The van der Waals surface area contributed by atoms with E-state index < -0.39 is 0 Å². The number of hydrogen-bond acceptors (Lipinski definition) is 4. The van der Waals surface area contributed by atoms with Gasteiger partial charge in [0.2, 0.25) is 0 Å². The van der Waals surface area contributed by atoms with Crippen molar-refractivity contribution in [2.24, 2.45) is 0 Å². The first-order chi connectivity index (χ1) is 13.2. The summed E-state index contributed by atoms with van der Waals surface area (Å²) in [7, 11) is 1.63. The van der Waals surface area contributed by atoms with Gasteiger partial charge in [-0.25, -0.2) is 0 Å². The highest BCUT2D eigenvalue weighted by atomic mass is 16.6. The highest BCUT2D eigenvalue weighted by Crippen LogP contribution is 2.31. The van der Waals surface area contributed by atoms with E-state index in [1.165, 1.54) is 0 Å². The number of hydrogen-bond donors (Lipinski definition) is 0. The second-order valence-corrected chi connectivity index (χ2v) is 6.07. The maximum Gasteiger partial charge on any atom is 0.162 e. The van der Waals surface area contributed by atoms with Crippen LogP contribution in [0.25, 0.3) is 10.9 Å². The normalized spacial score (nSPS) is 12.2. The highest BCUT2D eigenvalue weighted by molar-refractivity contribution is 5.90. The summed E-state index contributed by atoms with van der Waals surface area (Å²) in [5.74, 6) is 8.54. The molecule has 3 aromatic rings. The lowest BCUT2D eigenvalue weighted by Gasteiger charge is -2.17. The molecule has 0 N–H and O–H groups in total. The molecule has 1 aliphatic heterocycles. The molecule has 0 unspecified atom stereocenters. The molecule has 0 radical (unpaired) electrons. The van der Waals surface area contributed by atoms with Gasteiger partial charge in [0.15, 0.2) is 11.5 Å². The molecule has 4 rings (SSSR count). The Kier molecular flexibility index (Phi) is 4.36. The highest BCUT2D eigenvalue weighted by Gasteiger charge is 2.16. The van der Waals surface area contributed by atoms with E-state index in [-0.39, 0.29) is 0 Å². The molecule has 0 saturated carbocycles. The van der Waals surface area contributed by atoms with Gasteiger partial charge in [0.25, 0.3) is 0 Å². The maximum absolute atomic E-state index is 9.71. The number of nitriles is 1. The van der Waals surface area contributed by atoms with Crippen LogP contribution in [0.4, 0.5) is 0 Å². The Labute approximate surface area is 157 Å². The summed E-state index contributed by atoms with van der Waals surface area (Å²) >= 11 is 0. The third-order valence-electron chi connectivity index (χ3n) is 4.57. The Balaban J connectivity index is 1.83. The minimum absolute atomic E-state index is 0.536. The number of nitrogens with zero attached hydrogens (tertiary/aromatic N) is 2. The van der Waals surface area contributed by atoms with E-state index in [0.717, 1.165) is 28.0 Å². The molecular formula is C22H18N2O3. The molecule has 1 aromatic heterocycles. The van der Waals surface area contributed by atoms with Crippen LogP contribution in [0.15, 0.2) is 36.4 Å². The Morgan fingerprint density at radius 2 is 1.89 bits per heavy atom. The van der Waals surface area contributed by atoms with E-state index in [9.17, 15) is 5.26 Å². The van der Waals surface area contributed by atoms with Gasteiger partial charge in [-0.2, -0.15) is 5.26 Å².